The van der Waals surface area contributed by atoms with Gasteiger partial charge in [-0.25, -0.2) is 0 Å². The average molecular weight is 332 g/mol. The summed E-state index contributed by atoms with van der Waals surface area (Å²) in [6.45, 7) is -0.337. The Kier molecular flexibility index (Phi) is 2.76. The number of nitrogens with zero attached hydrogens (tertiary/aromatic N) is 1. The number of hydrogen-bond acceptors (Lipinski definition) is 3. The van der Waals surface area contributed by atoms with Crippen molar-refractivity contribution in [2.24, 2.45) is 17.6 Å². The van der Waals surface area contributed by atoms with Gasteiger partial charge in [-0.05, 0) is 22.3 Å². The number of nitrogens with two attached hydrogens (primary N) is 1. The van der Waals surface area contributed by atoms with E-state index in [1.165, 1.54) is 0 Å². The van der Waals surface area contributed by atoms with Crippen molar-refractivity contribution >= 4 is 17.7 Å². The highest BCUT2D eigenvalue weighted by Crippen LogP contribution is 2.60. The second-order valence-electron chi connectivity index (χ2n) is 6.99. The van der Waals surface area contributed by atoms with Gasteiger partial charge in [0.2, 0.25) is 17.7 Å². The molecule has 2 N–H and O–H groups in total. The molecule has 1 saturated heterocycles. The van der Waals surface area contributed by atoms with Crippen LogP contribution >= 0.6 is 0 Å². The summed E-state index contributed by atoms with van der Waals surface area (Å²) in [5.74, 6) is -2.37. The average Bonchev–Trinajstić information content (AvgIpc) is 2.87. The highest BCUT2D eigenvalue weighted by Gasteiger charge is 2.61. The van der Waals surface area contributed by atoms with Crippen molar-refractivity contribution in [3.8, 4) is 0 Å². The van der Waals surface area contributed by atoms with Crippen molar-refractivity contribution in [1.82, 2.24) is 4.90 Å². The summed E-state index contributed by atoms with van der Waals surface area (Å²) in [7, 11) is 0. The van der Waals surface area contributed by atoms with Crippen molar-refractivity contribution in [3.63, 3.8) is 0 Å². The first kappa shape index (κ1) is 14.4. The molecule has 1 aliphatic heterocycles. The van der Waals surface area contributed by atoms with E-state index in [0.29, 0.717) is 0 Å². The van der Waals surface area contributed by atoms with Crippen LogP contribution in [-0.2, 0) is 14.4 Å². The van der Waals surface area contributed by atoms with Crippen LogP contribution in [0.15, 0.2) is 48.5 Å². The van der Waals surface area contributed by atoms with E-state index in [9.17, 15) is 14.4 Å². The number of likely N-dealkylation sites (tertiary alicyclic amines) is 1. The van der Waals surface area contributed by atoms with Gasteiger partial charge in [-0.15, -0.1) is 0 Å². The van der Waals surface area contributed by atoms with Crippen LogP contribution < -0.4 is 5.73 Å². The summed E-state index contributed by atoms with van der Waals surface area (Å²) in [6.07, 6.45) is 0. The van der Waals surface area contributed by atoms with Gasteiger partial charge in [0.05, 0.1) is 11.8 Å². The number of amides is 3. The molecule has 4 aliphatic rings. The molecule has 25 heavy (non-hydrogen) atoms. The molecule has 1 heterocycles. The molecular weight excluding hydrogens is 316 g/mol. The van der Waals surface area contributed by atoms with E-state index in [0.717, 1.165) is 27.2 Å². The zero-order valence-corrected chi connectivity index (χ0v) is 13.4. The summed E-state index contributed by atoms with van der Waals surface area (Å²) < 4.78 is 0. The van der Waals surface area contributed by atoms with Gasteiger partial charge in [-0.1, -0.05) is 48.5 Å². The minimum Gasteiger partial charge on any atom is -0.368 e. The van der Waals surface area contributed by atoms with E-state index in [4.69, 9.17) is 5.73 Å². The fourth-order valence-electron chi connectivity index (χ4n) is 5.05. The van der Waals surface area contributed by atoms with E-state index in [1.54, 1.807) is 0 Å². The topological polar surface area (TPSA) is 80.5 Å². The number of hydrogen-bond donors (Lipinski definition) is 1. The summed E-state index contributed by atoms with van der Waals surface area (Å²) >= 11 is 0. The highest BCUT2D eigenvalue weighted by molar-refractivity contribution is 6.09. The Balaban J connectivity index is 1.74. The van der Waals surface area contributed by atoms with Crippen molar-refractivity contribution in [2.45, 2.75) is 11.8 Å². The molecular formula is C20H16N2O3. The Morgan fingerprint density at radius 1 is 0.800 bits per heavy atom. The smallest absolute Gasteiger partial charge is 0.237 e. The minimum absolute atomic E-state index is 0.142. The van der Waals surface area contributed by atoms with Gasteiger partial charge >= 0.3 is 0 Å². The molecule has 2 aromatic rings. The van der Waals surface area contributed by atoms with Crippen LogP contribution in [0.25, 0.3) is 0 Å². The number of imide groups is 1. The monoisotopic (exact) mass is 332 g/mol. The third-order valence-corrected chi connectivity index (χ3v) is 5.85. The molecule has 0 aromatic heterocycles. The molecule has 2 aromatic carbocycles. The highest BCUT2D eigenvalue weighted by atomic mass is 16.2. The van der Waals surface area contributed by atoms with E-state index in [2.05, 4.69) is 0 Å². The van der Waals surface area contributed by atoms with Gasteiger partial charge < -0.3 is 5.73 Å². The predicted octanol–water partition coefficient (Wildman–Crippen LogP) is 1.36. The lowest BCUT2D eigenvalue weighted by Crippen LogP contribution is -2.41. The van der Waals surface area contributed by atoms with Gasteiger partial charge in [-0.2, -0.15) is 0 Å². The SMILES string of the molecule is NC(=O)CN1C(=O)[C@H]2C3c4ccccc4C(c4ccccc43)[C@@H]2C1=O. The first-order chi connectivity index (χ1) is 12.1. The Morgan fingerprint density at radius 2 is 1.16 bits per heavy atom. The molecule has 0 spiro atoms. The van der Waals surface area contributed by atoms with Crippen LogP contribution in [0.5, 0.6) is 0 Å². The molecule has 1 fully saturated rings. The second-order valence-corrected chi connectivity index (χ2v) is 6.99. The molecule has 124 valence electrons. The molecule has 2 bridgehead atoms. The molecule has 5 nitrogen and oxygen atoms in total. The minimum atomic E-state index is -0.664. The number of carbonyl (C=O) groups excluding carboxylic acids is 3. The fraction of sp³-hybridized carbons (Fsp3) is 0.250. The molecule has 0 radical (unpaired) electrons. The number of primary amides is 1. The Morgan fingerprint density at radius 3 is 1.48 bits per heavy atom. The van der Waals surface area contributed by atoms with Gasteiger partial charge in [0.25, 0.3) is 0 Å². The van der Waals surface area contributed by atoms with E-state index >= 15 is 0 Å². The Labute approximate surface area is 144 Å². The van der Waals surface area contributed by atoms with Gasteiger partial charge in [0.15, 0.2) is 0 Å². The number of benzene rings is 2. The van der Waals surface area contributed by atoms with Gasteiger partial charge in [-0.3, -0.25) is 19.3 Å². The lowest BCUT2D eigenvalue weighted by molar-refractivity contribution is -0.143. The van der Waals surface area contributed by atoms with Crippen molar-refractivity contribution in [3.05, 3.63) is 70.8 Å². The first-order valence-electron chi connectivity index (χ1n) is 8.40. The molecule has 5 heteroatoms. The maximum Gasteiger partial charge on any atom is 0.237 e. The van der Waals surface area contributed by atoms with E-state index in [-0.39, 0.29) is 30.2 Å². The molecule has 0 unspecified atom stereocenters. The summed E-state index contributed by atoms with van der Waals surface area (Å²) in [4.78, 5) is 38.4. The maximum absolute atomic E-state index is 13.0. The van der Waals surface area contributed by atoms with Crippen LogP contribution in [0.4, 0.5) is 0 Å². The first-order valence-corrected chi connectivity index (χ1v) is 8.40. The standard InChI is InChI=1S/C20H16N2O3/c21-14(23)9-22-19(24)17-15-10-5-1-2-6-11(10)16(18(17)20(22)25)13-8-4-3-7-12(13)15/h1-8,15-18H,9H2,(H2,21,23)/t15?,16?,17-,18-/m0/s1. The number of carbonyl (C=O) groups is 3. The zero-order valence-electron chi connectivity index (χ0n) is 13.4. The van der Waals surface area contributed by atoms with Crippen LogP contribution in [0.3, 0.4) is 0 Å². The second kappa shape index (κ2) is 4.79. The maximum atomic E-state index is 13.0. The van der Waals surface area contributed by atoms with Gasteiger partial charge in [0, 0.05) is 11.8 Å². The molecule has 3 aliphatic carbocycles. The summed E-state index contributed by atoms with van der Waals surface area (Å²) in [5, 5.41) is 0. The van der Waals surface area contributed by atoms with Crippen molar-refractivity contribution < 1.29 is 14.4 Å². The van der Waals surface area contributed by atoms with E-state index < -0.39 is 17.7 Å². The lowest BCUT2D eigenvalue weighted by atomic mass is 9.55. The van der Waals surface area contributed by atoms with Crippen LogP contribution in [0.1, 0.15) is 34.1 Å². The summed E-state index contributed by atoms with van der Waals surface area (Å²) in [6, 6.07) is 16.1. The molecule has 3 amide bonds. The van der Waals surface area contributed by atoms with E-state index in [1.807, 2.05) is 48.5 Å². The van der Waals surface area contributed by atoms with Crippen LogP contribution in [-0.4, -0.2) is 29.2 Å². The molecule has 0 saturated carbocycles. The predicted molar refractivity (Wildman–Crippen MR) is 89.5 cm³/mol. The molecule has 2 atom stereocenters. The quantitative estimate of drug-likeness (QED) is 0.843. The third kappa shape index (κ3) is 1.70. The van der Waals surface area contributed by atoms with Crippen LogP contribution in [0.2, 0.25) is 0 Å². The third-order valence-electron chi connectivity index (χ3n) is 5.85. The van der Waals surface area contributed by atoms with Gasteiger partial charge in [0.1, 0.15) is 6.54 Å². The Bertz CT molecular complexity index is 836. The number of rotatable bonds is 2. The summed E-state index contributed by atoms with van der Waals surface area (Å²) in [5.41, 5.74) is 9.73. The Hall–Kier alpha value is -2.95. The van der Waals surface area contributed by atoms with Crippen molar-refractivity contribution in [1.29, 1.82) is 0 Å². The zero-order chi connectivity index (χ0) is 17.3. The largest absolute Gasteiger partial charge is 0.368 e. The van der Waals surface area contributed by atoms with Crippen molar-refractivity contribution in [2.75, 3.05) is 6.54 Å². The lowest BCUT2D eigenvalue weighted by Gasteiger charge is -2.45. The fourth-order valence-corrected chi connectivity index (χ4v) is 5.05. The molecule has 6 rings (SSSR count). The van der Waals surface area contributed by atoms with Crippen LogP contribution in [0, 0.1) is 11.8 Å². The normalized spacial score (nSPS) is 28.6.